The molecule has 9 aromatic carbocycles. The lowest BCUT2D eigenvalue weighted by atomic mass is 9.98. The SMILES string of the molecule is c1ccc(-c2ccc3c(c2)c2cc(-c4cccc5c6cccc(-c7cc(-c8ccccc8)nc(-c8ccccc8)n7)c6n(-c6ccccc6)c45)ccc2n3-c2ccccc2)cc1. The molecule has 62 heavy (non-hydrogen) atoms. The van der Waals surface area contributed by atoms with Crippen molar-refractivity contribution in [2.45, 2.75) is 0 Å². The number of hydrogen-bond donors (Lipinski definition) is 0. The van der Waals surface area contributed by atoms with Gasteiger partial charge in [0.15, 0.2) is 5.82 Å². The number of hydrogen-bond acceptors (Lipinski definition) is 2. The monoisotopic (exact) mass is 790 g/mol. The summed E-state index contributed by atoms with van der Waals surface area (Å²) in [5.74, 6) is 0.695. The van der Waals surface area contributed by atoms with Gasteiger partial charge in [-0.2, -0.15) is 0 Å². The van der Waals surface area contributed by atoms with E-state index in [0.717, 1.165) is 61.6 Å². The number of para-hydroxylation sites is 4. The maximum atomic E-state index is 5.33. The summed E-state index contributed by atoms with van der Waals surface area (Å²) in [6.07, 6.45) is 0. The Balaban J connectivity index is 1.14. The molecule has 0 saturated carbocycles. The van der Waals surface area contributed by atoms with E-state index in [1.807, 2.05) is 24.3 Å². The lowest BCUT2D eigenvalue weighted by Crippen LogP contribution is -1.99. The van der Waals surface area contributed by atoms with Crippen LogP contribution in [0, 0.1) is 0 Å². The van der Waals surface area contributed by atoms with Crippen LogP contribution in [0.15, 0.2) is 231 Å². The van der Waals surface area contributed by atoms with Crippen LogP contribution in [-0.4, -0.2) is 19.1 Å². The average Bonchev–Trinajstić information content (AvgIpc) is 3.88. The Morgan fingerprint density at radius 1 is 0.274 bits per heavy atom. The highest BCUT2D eigenvalue weighted by atomic mass is 15.0. The third kappa shape index (κ3) is 5.92. The van der Waals surface area contributed by atoms with Crippen molar-refractivity contribution in [2.24, 2.45) is 0 Å². The first-order valence-corrected chi connectivity index (χ1v) is 21.1. The van der Waals surface area contributed by atoms with Crippen molar-refractivity contribution in [1.82, 2.24) is 19.1 Å². The molecule has 0 unspecified atom stereocenters. The van der Waals surface area contributed by atoms with Crippen molar-refractivity contribution >= 4 is 43.6 Å². The van der Waals surface area contributed by atoms with Crippen molar-refractivity contribution < 1.29 is 0 Å². The van der Waals surface area contributed by atoms with Crippen LogP contribution in [0.1, 0.15) is 0 Å². The van der Waals surface area contributed by atoms with Crippen molar-refractivity contribution in [2.75, 3.05) is 0 Å². The lowest BCUT2D eigenvalue weighted by molar-refractivity contribution is 1.16. The summed E-state index contributed by atoms with van der Waals surface area (Å²) in [6.45, 7) is 0. The largest absolute Gasteiger partial charge is 0.309 e. The van der Waals surface area contributed by atoms with E-state index in [0.29, 0.717) is 5.82 Å². The highest BCUT2D eigenvalue weighted by Gasteiger charge is 2.22. The molecule has 3 heterocycles. The Morgan fingerprint density at radius 3 is 1.35 bits per heavy atom. The van der Waals surface area contributed by atoms with Gasteiger partial charge in [-0.1, -0.05) is 176 Å². The Labute approximate surface area is 359 Å². The van der Waals surface area contributed by atoms with Crippen LogP contribution in [-0.2, 0) is 0 Å². The Kier molecular flexibility index (Phi) is 8.46. The van der Waals surface area contributed by atoms with Crippen LogP contribution in [0.5, 0.6) is 0 Å². The number of rotatable bonds is 7. The smallest absolute Gasteiger partial charge is 0.160 e. The lowest BCUT2D eigenvalue weighted by Gasteiger charge is -2.15. The highest BCUT2D eigenvalue weighted by molar-refractivity contribution is 6.18. The van der Waals surface area contributed by atoms with Gasteiger partial charge in [-0.15, -0.1) is 0 Å². The second kappa shape index (κ2) is 14.7. The molecule has 0 aliphatic carbocycles. The van der Waals surface area contributed by atoms with Gasteiger partial charge in [0.2, 0.25) is 0 Å². The van der Waals surface area contributed by atoms with Gasteiger partial charge < -0.3 is 9.13 Å². The first-order valence-electron chi connectivity index (χ1n) is 21.1. The molecule has 4 nitrogen and oxygen atoms in total. The van der Waals surface area contributed by atoms with Gasteiger partial charge in [-0.25, -0.2) is 9.97 Å². The molecular formula is C58H38N4. The van der Waals surface area contributed by atoms with Crippen molar-refractivity contribution in [3.05, 3.63) is 231 Å². The van der Waals surface area contributed by atoms with E-state index in [-0.39, 0.29) is 0 Å². The van der Waals surface area contributed by atoms with Gasteiger partial charge >= 0.3 is 0 Å². The zero-order valence-electron chi connectivity index (χ0n) is 33.7. The molecule has 290 valence electrons. The molecule has 3 aromatic heterocycles. The molecule has 0 aliphatic rings. The van der Waals surface area contributed by atoms with Crippen molar-refractivity contribution in [3.63, 3.8) is 0 Å². The first kappa shape index (κ1) is 35.6. The van der Waals surface area contributed by atoms with E-state index in [2.05, 4.69) is 215 Å². The van der Waals surface area contributed by atoms with Crippen molar-refractivity contribution in [1.29, 1.82) is 0 Å². The molecule has 12 rings (SSSR count). The molecule has 0 radical (unpaired) electrons. The van der Waals surface area contributed by atoms with Gasteiger partial charge in [0.25, 0.3) is 0 Å². The molecule has 0 saturated heterocycles. The van der Waals surface area contributed by atoms with Gasteiger partial charge in [-0.05, 0) is 71.3 Å². The minimum Gasteiger partial charge on any atom is -0.309 e. The van der Waals surface area contributed by atoms with Crippen LogP contribution < -0.4 is 0 Å². The van der Waals surface area contributed by atoms with Gasteiger partial charge in [-0.3, -0.25) is 0 Å². The van der Waals surface area contributed by atoms with E-state index in [9.17, 15) is 0 Å². The second-order valence-electron chi connectivity index (χ2n) is 15.8. The van der Waals surface area contributed by atoms with E-state index < -0.39 is 0 Å². The first-order chi connectivity index (χ1) is 30.8. The number of nitrogens with zero attached hydrogens (tertiary/aromatic N) is 4. The molecular weight excluding hydrogens is 753 g/mol. The van der Waals surface area contributed by atoms with E-state index in [4.69, 9.17) is 9.97 Å². The molecule has 12 aromatic rings. The second-order valence-corrected chi connectivity index (χ2v) is 15.8. The fourth-order valence-electron chi connectivity index (χ4n) is 9.30. The molecule has 0 N–H and O–H groups in total. The van der Waals surface area contributed by atoms with Crippen LogP contribution in [0.2, 0.25) is 0 Å². The predicted octanol–water partition coefficient (Wildman–Crippen LogP) is 15.0. The quantitative estimate of drug-likeness (QED) is 0.161. The molecule has 0 amide bonds. The third-order valence-corrected chi connectivity index (χ3v) is 12.1. The zero-order valence-corrected chi connectivity index (χ0v) is 33.7. The van der Waals surface area contributed by atoms with Crippen molar-refractivity contribution in [3.8, 4) is 67.5 Å². The zero-order chi connectivity index (χ0) is 41.0. The van der Waals surface area contributed by atoms with Crippen LogP contribution in [0.4, 0.5) is 0 Å². The van der Waals surface area contributed by atoms with Crippen LogP contribution in [0.3, 0.4) is 0 Å². The molecule has 0 atom stereocenters. The summed E-state index contributed by atoms with van der Waals surface area (Å²) in [7, 11) is 0. The minimum atomic E-state index is 0.695. The summed E-state index contributed by atoms with van der Waals surface area (Å²) in [6, 6.07) is 82.2. The van der Waals surface area contributed by atoms with E-state index >= 15 is 0 Å². The maximum absolute atomic E-state index is 5.33. The van der Waals surface area contributed by atoms with Crippen LogP contribution >= 0.6 is 0 Å². The summed E-state index contributed by atoms with van der Waals surface area (Å²) < 4.78 is 4.85. The normalized spacial score (nSPS) is 11.5. The average molecular weight is 791 g/mol. The summed E-state index contributed by atoms with van der Waals surface area (Å²) >= 11 is 0. The Hall–Kier alpha value is -8.34. The minimum absolute atomic E-state index is 0.695. The topological polar surface area (TPSA) is 35.6 Å². The molecule has 0 aliphatic heterocycles. The number of fused-ring (bicyclic) bond motifs is 6. The summed E-state index contributed by atoms with van der Waals surface area (Å²) in [5, 5.41) is 4.78. The molecule has 0 bridgehead atoms. The number of benzene rings is 9. The fraction of sp³-hybridized carbons (Fsp3) is 0. The van der Waals surface area contributed by atoms with Crippen LogP contribution in [0.25, 0.3) is 111 Å². The fourth-order valence-corrected chi connectivity index (χ4v) is 9.30. The molecule has 0 spiro atoms. The number of aromatic nitrogens is 4. The maximum Gasteiger partial charge on any atom is 0.160 e. The molecule has 4 heteroatoms. The third-order valence-electron chi connectivity index (χ3n) is 12.1. The van der Waals surface area contributed by atoms with Gasteiger partial charge in [0.05, 0.1) is 33.5 Å². The van der Waals surface area contributed by atoms with E-state index in [1.165, 1.54) is 43.7 Å². The highest BCUT2D eigenvalue weighted by Crippen LogP contribution is 2.44. The van der Waals surface area contributed by atoms with Gasteiger partial charge in [0.1, 0.15) is 0 Å². The van der Waals surface area contributed by atoms with Gasteiger partial charge in [0, 0.05) is 55.2 Å². The molecule has 0 fully saturated rings. The predicted molar refractivity (Wildman–Crippen MR) is 258 cm³/mol. The van der Waals surface area contributed by atoms with E-state index in [1.54, 1.807) is 0 Å². The standard InChI is InChI=1S/C58H38N4/c1-6-18-39(19-7-1)42-32-34-54-50(36-42)51-37-43(33-35-55(51)61(54)44-24-12-4-13-25-44)46-28-16-29-47-48-30-17-31-49(57(48)62(56(46)47)45-26-14-5-15-27-45)53-38-52(40-20-8-2-9-21-40)59-58(60-53)41-22-10-3-11-23-41/h1-38H. The Bertz CT molecular complexity index is 3530. The summed E-state index contributed by atoms with van der Waals surface area (Å²) in [4.78, 5) is 10.5. The summed E-state index contributed by atoms with van der Waals surface area (Å²) in [5.41, 5.74) is 16.4. The Morgan fingerprint density at radius 2 is 0.742 bits per heavy atom.